The summed E-state index contributed by atoms with van der Waals surface area (Å²) in [4.78, 5) is 19.7. The molecule has 5 rings (SSSR count). The highest BCUT2D eigenvalue weighted by molar-refractivity contribution is 5.95. The Morgan fingerprint density at radius 3 is 2.83 bits per heavy atom. The maximum Gasteiger partial charge on any atom is 0.253 e. The number of aromatic nitrogens is 3. The molecule has 3 aromatic heterocycles. The molecule has 35 heavy (non-hydrogen) atoms. The van der Waals surface area contributed by atoms with E-state index >= 15 is 0 Å². The van der Waals surface area contributed by atoms with Crippen LogP contribution in [0.15, 0.2) is 73.2 Å². The molecule has 7 nitrogen and oxygen atoms in total. The van der Waals surface area contributed by atoms with Crippen LogP contribution in [0.3, 0.4) is 0 Å². The summed E-state index contributed by atoms with van der Waals surface area (Å²) in [5, 5.41) is 4.35. The van der Waals surface area contributed by atoms with Crippen LogP contribution in [0.2, 0.25) is 0 Å². The second kappa shape index (κ2) is 10.6. The summed E-state index contributed by atoms with van der Waals surface area (Å²) in [6, 6.07) is 17.4. The summed E-state index contributed by atoms with van der Waals surface area (Å²) in [6.07, 6.45) is 9.66. The Morgan fingerprint density at radius 2 is 1.97 bits per heavy atom. The van der Waals surface area contributed by atoms with Gasteiger partial charge < -0.3 is 14.4 Å². The van der Waals surface area contributed by atoms with Gasteiger partial charge in [0, 0.05) is 37.2 Å². The molecule has 1 fully saturated rings. The number of carbonyl (C=O) groups excluding carboxylic acids is 1. The highest BCUT2D eigenvalue weighted by Gasteiger charge is 2.23. The zero-order chi connectivity index (χ0) is 24.0. The Bertz CT molecular complexity index is 1290. The monoisotopic (exact) mass is 470 g/mol. The second-order valence-corrected chi connectivity index (χ2v) is 8.96. The van der Waals surface area contributed by atoms with E-state index in [1.807, 2.05) is 46.1 Å². The average Bonchev–Trinajstić information content (AvgIpc) is 3.27. The van der Waals surface area contributed by atoms with Crippen LogP contribution in [0.25, 0.3) is 5.52 Å². The fraction of sp³-hybridized carbons (Fsp3) is 0.321. The van der Waals surface area contributed by atoms with Gasteiger partial charge in [-0.1, -0.05) is 12.1 Å². The topological polar surface area (TPSA) is 69.0 Å². The van der Waals surface area contributed by atoms with Gasteiger partial charge in [0.25, 0.3) is 5.91 Å². The van der Waals surface area contributed by atoms with Crippen LogP contribution in [0, 0.1) is 5.92 Å². The number of pyridine rings is 2. The minimum absolute atomic E-state index is 0.0360. The quantitative estimate of drug-likeness (QED) is 0.388. The first-order chi connectivity index (χ1) is 17.2. The zero-order valence-corrected chi connectivity index (χ0v) is 20.0. The van der Waals surface area contributed by atoms with Crippen molar-refractivity contribution in [1.29, 1.82) is 0 Å². The molecule has 1 amide bonds. The third-order valence-electron chi connectivity index (χ3n) is 6.68. The van der Waals surface area contributed by atoms with Crippen molar-refractivity contribution < 1.29 is 14.3 Å². The van der Waals surface area contributed by atoms with Crippen LogP contribution >= 0.6 is 0 Å². The van der Waals surface area contributed by atoms with Crippen LogP contribution in [-0.4, -0.2) is 45.6 Å². The van der Waals surface area contributed by atoms with Gasteiger partial charge in [0.15, 0.2) is 11.5 Å². The first kappa shape index (κ1) is 22.9. The van der Waals surface area contributed by atoms with Crippen molar-refractivity contribution in [1.82, 2.24) is 19.5 Å². The molecule has 1 saturated heterocycles. The third kappa shape index (κ3) is 5.29. The van der Waals surface area contributed by atoms with E-state index in [9.17, 15) is 4.79 Å². The van der Waals surface area contributed by atoms with Crippen molar-refractivity contribution in [3.05, 3.63) is 90.0 Å². The highest BCUT2D eigenvalue weighted by Crippen LogP contribution is 2.30. The molecule has 0 bridgehead atoms. The maximum absolute atomic E-state index is 13.4. The van der Waals surface area contributed by atoms with Crippen molar-refractivity contribution in [2.45, 2.75) is 32.3 Å². The Balaban J connectivity index is 1.24. The standard InChI is InChI=1S/C28H30N4O3/c1-34-26-10-9-23(19-27(26)35-20-24-8-2-3-13-29-24)28(33)31-15-4-6-21(12-17-31)18-22-7-5-16-32-25(22)11-14-30-32/h2-3,5,7-11,13-14,16,19,21H,4,6,12,15,17-18,20H2,1H3/t21-/m1/s1. The summed E-state index contributed by atoms with van der Waals surface area (Å²) in [7, 11) is 1.60. The molecule has 0 radical (unpaired) electrons. The number of fused-ring (bicyclic) bond motifs is 1. The highest BCUT2D eigenvalue weighted by atomic mass is 16.5. The van der Waals surface area contributed by atoms with Crippen molar-refractivity contribution in [2.75, 3.05) is 20.2 Å². The van der Waals surface area contributed by atoms with Crippen molar-refractivity contribution in [3.8, 4) is 11.5 Å². The van der Waals surface area contributed by atoms with E-state index in [4.69, 9.17) is 9.47 Å². The molecular formula is C28H30N4O3. The number of nitrogens with zero attached hydrogens (tertiary/aromatic N) is 4. The fourth-order valence-corrected chi connectivity index (χ4v) is 4.81. The molecule has 0 saturated carbocycles. The molecule has 1 aromatic carbocycles. The van der Waals surface area contributed by atoms with E-state index in [-0.39, 0.29) is 5.91 Å². The number of hydrogen-bond donors (Lipinski definition) is 0. The number of ether oxygens (including phenoxy) is 2. The van der Waals surface area contributed by atoms with Gasteiger partial charge in [0.2, 0.25) is 0 Å². The lowest BCUT2D eigenvalue weighted by atomic mass is 9.92. The average molecular weight is 471 g/mol. The Kier molecular flexibility index (Phi) is 6.93. The summed E-state index contributed by atoms with van der Waals surface area (Å²) < 4.78 is 13.3. The molecular weight excluding hydrogens is 440 g/mol. The van der Waals surface area contributed by atoms with Gasteiger partial charge >= 0.3 is 0 Å². The molecule has 4 heterocycles. The number of hydrogen-bond acceptors (Lipinski definition) is 5. The predicted octanol–water partition coefficient (Wildman–Crippen LogP) is 4.80. The van der Waals surface area contributed by atoms with E-state index in [0.29, 0.717) is 29.6 Å². The minimum Gasteiger partial charge on any atom is -0.493 e. The fourth-order valence-electron chi connectivity index (χ4n) is 4.81. The van der Waals surface area contributed by atoms with Gasteiger partial charge in [-0.2, -0.15) is 5.10 Å². The summed E-state index contributed by atoms with van der Waals surface area (Å²) in [6.45, 7) is 1.83. The lowest BCUT2D eigenvalue weighted by Crippen LogP contribution is -2.32. The number of carbonyl (C=O) groups is 1. The molecule has 0 N–H and O–H groups in total. The van der Waals surface area contributed by atoms with E-state index in [0.717, 1.165) is 44.5 Å². The number of methoxy groups -OCH3 is 1. The lowest BCUT2D eigenvalue weighted by Gasteiger charge is -2.21. The summed E-state index contributed by atoms with van der Waals surface area (Å²) in [5.41, 5.74) is 3.92. The molecule has 0 aliphatic carbocycles. The van der Waals surface area contributed by atoms with Gasteiger partial charge in [-0.3, -0.25) is 9.78 Å². The number of likely N-dealkylation sites (tertiary alicyclic amines) is 1. The molecule has 4 aromatic rings. The first-order valence-corrected chi connectivity index (χ1v) is 12.1. The zero-order valence-electron chi connectivity index (χ0n) is 20.0. The third-order valence-corrected chi connectivity index (χ3v) is 6.68. The first-order valence-electron chi connectivity index (χ1n) is 12.1. The lowest BCUT2D eigenvalue weighted by molar-refractivity contribution is 0.0759. The van der Waals surface area contributed by atoms with Gasteiger partial charge in [0.05, 0.1) is 18.3 Å². The van der Waals surface area contributed by atoms with Crippen LogP contribution in [0.1, 0.15) is 40.9 Å². The largest absolute Gasteiger partial charge is 0.493 e. The molecule has 0 unspecified atom stereocenters. The molecule has 1 aliphatic rings. The van der Waals surface area contributed by atoms with Crippen molar-refractivity contribution >= 4 is 11.4 Å². The van der Waals surface area contributed by atoms with Gasteiger partial charge in [-0.05, 0) is 79.6 Å². The predicted molar refractivity (Wildman–Crippen MR) is 134 cm³/mol. The van der Waals surface area contributed by atoms with Crippen LogP contribution in [0.4, 0.5) is 0 Å². The smallest absolute Gasteiger partial charge is 0.253 e. The Morgan fingerprint density at radius 1 is 1.03 bits per heavy atom. The van der Waals surface area contributed by atoms with Crippen LogP contribution in [-0.2, 0) is 13.0 Å². The van der Waals surface area contributed by atoms with Crippen LogP contribution < -0.4 is 9.47 Å². The summed E-state index contributed by atoms with van der Waals surface area (Å²) in [5.74, 6) is 1.73. The van der Waals surface area contributed by atoms with E-state index in [1.165, 1.54) is 11.1 Å². The minimum atomic E-state index is 0.0360. The Hall–Kier alpha value is -3.87. The summed E-state index contributed by atoms with van der Waals surface area (Å²) >= 11 is 0. The van der Waals surface area contributed by atoms with Gasteiger partial charge in [0.1, 0.15) is 6.61 Å². The van der Waals surface area contributed by atoms with E-state index in [2.05, 4.69) is 28.3 Å². The number of benzene rings is 1. The second-order valence-electron chi connectivity index (χ2n) is 8.96. The number of rotatable bonds is 7. The van der Waals surface area contributed by atoms with Crippen LogP contribution in [0.5, 0.6) is 11.5 Å². The number of amides is 1. The van der Waals surface area contributed by atoms with Crippen molar-refractivity contribution in [2.24, 2.45) is 5.92 Å². The molecule has 180 valence electrons. The molecule has 7 heteroatoms. The molecule has 1 atom stereocenters. The normalized spacial score (nSPS) is 16.1. The Labute approximate surface area is 205 Å². The van der Waals surface area contributed by atoms with E-state index < -0.39 is 0 Å². The van der Waals surface area contributed by atoms with Gasteiger partial charge in [-0.15, -0.1) is 0 Å². The molecule has 0 spiro atoms. The van der Waals surface area contributed by atoms with E-state index in [1.54, 1.807) is 25.4 Å². The maximum atomic E-state index is 13.4. The van der Waals surface area contributed by atoms with Crippen molar-refractivity contribution in [3.63, 3.8) is 0 Å². The van der Waals surface area contributed by atoms with Gasteiger partial charge in [-0.25, -0.2) is 4.52 Å². The molecule has 1 aliphatic heterocycles. The SMILES string of the molecule is COc1ccc(C(=O)N2CCC[C@@H](Cc3cccn4nccc34)CC2)cc1OCc1ccccn1.